The smallest absolute Gasteiger partial charge is 0.103 e. The van der Waals surface area contributed by atoms with Gasteiger partial charge in [-0.3, -0.25) is 5.41 Å². The first-order valence-electron chi connectivity index (χ1n) is 5.64. The molecule has 0 fully saturated rings. The molecule has 1 aromatic rings. The van der Waals surface area contributed by atoms with E-state index >= 15 is 0 Å². The molecule has 6 heteroatoms. The van der Waals surface area contributed by atoms with Gasteiger partial charge in [-0.05, 0) is 37.8 Å². The highest BCUT2D eigenvalue weighted by molar-refractivity contribution is 7.79. The minimum absolute atomic E-state index is 0.0649. The van der Waals surface area contributed by atoms with E-state index in [4.69, 9.17) is 5.41 Å². The number of aromatic nitrogens is 2. The molecule has 3 rings (SSSR count). The normalized spacial score (nSPS) is 28.6. The second kappa shape index (κ2) is 4.13. The lowest BCUT2D eigenvalue weighted by molar-refractivity contribution is 0.708. The lowest BCUT2D eigenvalue weighted by Crippen LogP contribution is -2.33. The first-order valence-corrected chi connectivity index (χ1v) is 6.77. The highest BCUT2D eigenvalue weighted by atomic mass is 32.1. The summed E-state index contributed by atoms with van der Waals surface area (Å²) in [5.74, 6) is 0.206. The molecule has 0 aliphatic heterocycles. The number of rotatable bonds is 0. The van der Waals surface area contributed by atoms with Crippen molar-refractivity contribution < 1.29 is 0 Å². The third-order valence-corrected chi connectivity index (χ3v) is 4.28. The topological polar surface area (TPSA) is 62.0 Å². The Hall–Kier alpha value is -1.27. The molecule has 1 N–H and O–H groups in total. The van der Waals surface area contributed by atoms with Crippen molar-refractivity contribution in [3.05, 3.63) is 29.1 Å². The van der Waals surface area contributed by atoms with E-state index in [1.54, 1.807) is 0 Å². The molecule has 0 saturated carbocycles. The van der Waals surface area contributed by atoms with Gasteiger partial charge < -0.3 is 0 Å². The minimum Gasteiger partial charge on any atom is -0.299 e. The summed E-state index contributed by atoms with van der Waals surface area (Å²) in [5, 5.41) is 8.08. The van der Waals surface area contributed by atoms with Gasteiger partial charge in [-0.1, -0.05) is 12.2 Å². The zero-order chi connectivity index (χ0) is 12.9. The van der Waals surface area contributed by atoms with Gasteiger partial charge in [0.25, 0.3) is 0 Å². The maximum Gasteiger partial charge on any atom is 0.103 e. The first kappa shape index (κ1) is 11.8. The fourth-order valence-electron chi connectivity index (χ4n) is 2.58. The number of allylic oxidation sites excluding steroid dienone is 4. The highest BCUT2D eigenvalue weighted by Crippen LogP contribution is 2.41. The quantitative estimate of drug-likeness (QED) is 0.716. The van der Waals surface area contributed by atoms with Crippen LogP contribution in [0.3, 0.4) is 0 Å². The Balaban J connectivity index is 2.23. The van der Waals surface area contributed by atoms with Gasteiger partial charge in [0.1, 0.15) is 5.69 Å². The van der Waals surface area contributed by atoms with Gasteiger partial charge in [0, 0.05) is 11.8 Å². The molecule has 1 aromatic heterocycles. The average Bonchev–Trinajstić information content (AvgIpc) is 2.82. The summed E-state index contributed by atoms with van der Waals surface area (Å²) < 4.78 is 12.8. The van der Waals surface area contributed by atoms with Gasteiger partial charge in [-0.2, -0.15) is 8.75 Å². The first-order chi connectivity index (χ1) is 8.63. The van der Waals surface area contributed by atoms with E-state index < -0.39 is 0 Å². The summed E-state index contributed by atoms with van der Waals surface area (Å²) in [6, 6.07) is 0. The molecule has 0 saturated heterocycles. The van der Waals surface area contributed by atoms with Crippen LogP contribution in [0.15, 0.2) is 22.1 Å². The van der Waals surface area contributed by atoms with E-state index in [0.717, 1.165) is 28.2 Å². The van der Waals surface area contributed by atoms with Gasteiger partial charge in [-0.25, -0.2) is 4.40 Å². The van der Waals surface area contributed by atoms with E-state index in [1.165, 1.54) is 11.7 Å². The molecular weight excluding hydrogens is 264 g/mol. The van der Waals surface area contributed by atoms with E-state index in [0.29, 0.717) is 5.71 Å². The molecule has 0 bridgehead atoms. The third-order valence-electron chi connectivity index (χ3n) is 3.52. The van der Waals surface area contributed by atoms with Crippen molar-refractivity contribution in [1.82, 2.24) is 8.75 Å². The van der Waals surface area contributed by atoms with Crippen LogP contribution < -0.4 is 0 Å². The van der Waals surface area contributed by atoms with Crippen LogP contribution in [0.5, 0.6) is 0 Å². The fourth-order valence-corrected chi connectivity index (χ4v) is 3.47. The number of hydrogen-bond donors (Lipinski definition) is 2. The Labute approximate surface area is 115 Å². The number of nitrogens with zero attached hydrogens (tertiary/aromatic N) is 3. The molecule has 0 amide bonds. The summed E-state index contributed by atoms with van der Waals surface area (Å²) in [6.07, 6.45) is 4.22. The molecule has 0 spiro atoms. The van der Waals surface area contributed by atoms with Crippen LogP contribution in [0.1, 0.15) is 31.2 Å². The second-order valence-electron chi connectivity index (χ2n) is 4.61. The Bertz CT molecular complexity index is 624. The van der Waals surface area contributed by atoms with E-state index in [9.17, 15) is 0 Å². The standard InChI is InChI=1S/C12H12N4S2/c1-5-3-8-7(11(14-17)9(5)13)4-6(2)10-12(8)16-18-15-10/h3-4,7-8,13,17H,1-2H3. The predicted octanol–water partition coefficient (Wildman–Crippen LogP) is 2.92. The molecule has 0 radical (unpaired) electrons. The van der Waals surface area contributed by atoms with Crippen molar-refractivity contribution in [3.63, 3.8) is 0 Å². The monoisotopic (exact) mass is 276 g/mol. The zero-order valence-electron chi connectivity index (χ0n) is 10.0. The summed E-state index contributed by atoms with van der Waals surface area (Å²) in [6.45, 7) is 3.96. The summed E-state index contributed by atoms with van der Waals surface area (Å²) in [4.78, 5) is 0. The van der Waals surface area contributed by atoms with Crippen molar-refractivity contribution in [1.29, 1.82) is 5.41 Å². The Morgan fingerprint density at radius 3 is 2.67 bits per heavy atom. The SMILES string of the molecule is CC1=CC2c3nsnc3C(C)=CC2C(=NS)C1=N. The van der Waals surface area contributed by atoms with Gasteiger partial charge in [0.05, 0.1) is 28.8 Å². The van der Waals surface area contributed by atoms with Crippen LogP contribution in [0.2, 0.25) is 0 Å². The number of fused-ring (bicyclic) bond motifs is 3. The fraction of sp³-hybridized carbons (Fsp3) is 0.333. The van der Waals surface area contributed by atoms with E-state index in [-0.39, 0.29) is 11.8 Å². The van der Waals surface area contributed by atoms with E-state index in [2.05, 4.69) is 38.1 Å². The van der Waals surface area contributed by atoms with Crippen molar-refractivity contribution in [2.24, 2.45) is 10.3 Å². The van der Waals surface area contributed by atoms with Crippen LogP contribution in [-0.4, -0.2) is 20.2 Å². The maximum absolute atomic E-state index is 8.08. The molecule has 18 heavy (non-hydrogen) atoms. The van der Waals surface area contributed by atoms with Gasteiger partial charge >= 0.3 is 0 Å². The van der Waals surface area contributed by atoms with Crippen molar-refractivity contribution >= 4 is 41.5 Å². The van der Waals surface area contributed by atoms with Crippen molar-refractivity contribution in [2.45, 2.75) is 19.8 Å². The Morgan fingerprint density at radius 1 is 1.22 bits per heavy atom. The molecule has 0 aromatic carbocycles. The van der Waals surface area contributed by atoms with Crippen molar-refractivity contribution in [3.8, 4) is 0 Å². The highest BCUT2D eigenvalue weighted by Gasteiger charge is 2.38. The molecule has 2 unspecified atom stereocenters. The predicted molar refractivity (Wildman–Crippen MR) is 77.7 cm³/mol. The largest absolute Gasteiger partial charge is 0.299 e. The number of nitrogens with one attached hydrogen (secondary N) is 1. The molecular formula is C12H12N4S2. The molecule has 2 aliphatic rings. The van der Waals surface area contributed by atoms with Gasteiger partial charge in [0.15, 0.2) is 0 Å². The average molecular weight is 276 g/mol. The van der Waals surface area contributed by atoms with Crippen LogP contribution >= 0.6 is 24.5 Å². The van der Waals surface area contributed by atoms with E-state index in [1.807, 2.05) is 13.8 Å². The molecule has 2 aliphatic carbocycles. The summed E-state index contributed by atoms with van der Waals surface area (Å²) >= 11 is 5.27. The van der Waals surface area contributed by atoms with Crippen LogP contribution in [0.4, 0.5) is 0 Å². The van der Waals surface area contributed by atoms with Crippen LogP contribution in [-0.2, 0) is 0 Å². The summed E-state index contributed by atoms with van der Waals surface area (Å²) in [7, 11) is 0. The zero-order valence-corrected chi connectivity index (χ0v) is 11.7. The van der Waals surface area contributed by atoms with Crippen molar-refractivity contribution in [2.75, 3.05) is 0 Å². The van der Waals surface area contributed by atoms with Crippen LogP contribution in [0.25, 0.3) is 5.57 Å². The molecule has 2 atom stereocenters. The third kappa shape index (κ3) is 1.52. The lowest BCUT2D eigenvalue weighted by atomic mass is 9.72. The maximum atomic E-state index is 8.08. The second-order valence-corrected chi connectivity index (χ2v) is 5.34. The minimum atomic E-state index is 0.0649. The van der Waals surface area contributed by atoms with Gasteiger partial charge in [-0.15, -0.1) is 0 Å². The Kier molecular flexibility index (Phi) is 2.71. The molecule has 4 nitrogen and oxygen atoms in total. The van der Waals surface area contributed by atoms with Crippen LogP contribution in [0, 0.1) is 11.3 Å². The number of thiol groups is 1. The van der Waals surface area contributed by atoms with Gasteiger partial charge in [0.2, 0.25) is 0 Å². The molecule has 1 heterocycles. The summed E-state index contributed by atoms with van der Waals surface area (Å²) in [5.41, 5.74) is 5.22. The Morgan fingerprint density at radius 2 is 1.94 bits per heavy atom. The number of hydrogen-bond acceptors (Lipinski definition) is 6. The lowest BCUT2D eigenvalue weighted by Gasteiger charge is -2.31. The molecule has 92 valence electrons.